The fraction of sp³-hybridized carbons (Fsp3) is 0.412. The first-order chi connectivity index (χ1) is 9.81. The van der Waals surface area contributed by atoms with E-state index in [9.17, 15) is 14.3 Å². The molecule has 0 saturated carbocycles. The van der Waals surface area contributed by atoms with Crippen molar-refractivity contribution in [1.82, 2.24) is 4.98 Å². The molecule has 1 aliphatic rings. The summed E-state index contributed by atoms with van der Waals surface area (Å²) in [5.74, 6) is -1.42. The van der Waals surface area contributed by atoms with Crippen molar-refractivity contribution in [3.05, 3.63) is 40.3 Å². The zero-order valence-electron chi connectivity index (χ0n) is 12.5. The number of carboxylic acid groups (broad SMARTS) is 1. The molecule has 0 saturated heterocycles. The number of aromatic carboxylic acids is 1. The van der Waals surface area contributed by atoms with Gasteiger partial charge in [-0.3, -0.25) is 4.98 Å². The van der Waals surface area contributed by atoms with E-state index in [1.165, 1.54) is 12.1 Å². The molecule has 1 aromatic carbocycles. The molecule has 2 aromatic rings. The summed E-state index contributed by atoms with van der Waals surface area (Å²) in [6.07, 6.45) is 2.61. The van der Waals surface area contributed by atoms with Gasteiger partial charge in [-0.15, -0.1) is 0 Å². The predicted octanol–water partition coefficient (Wildman–Crippen LogP) is 3.99. The minimum absolute atomic E-state index is 0.146. The van der Waals surface area contributed by atoms with Gasteiger partial charge < -0.3 is 5.11 Å². The lowest BCUT2D eigenvalue weighted by atomic mass is 9.74. The molecule has 0 fully saturated rings. The van der Waals surface area contributed by atoms with Crippen LogP contribution in [0.25, 0.3) is 10.9 Å². The van der Waals surface area contributed by atoms with E-state index in [4.69, 9.17) is 4.98 Å². The third-order valence-corrected chi connectivity index (χ3v) is 4.43. The number of benzene rings is 1. The third-order valence-electron chi connectivity index (χ3n) is 4.43. The summed E-state index contributed by atoms with van der Waals surface area (Å²) in [7, 11) is 0. The number of carboxylic acids is 1. The summed E-state index contributed by atoms with van der Waals surface area (Å²) in [4.78, 5) is 16.5. The van der Waals surface area contributed by atoms with E-state index in [0.29, 0.717) is 22.9 Å². The molecule has 1 aromatic heterocycles. The van der Waals surface area contributed by atoms with Crippen molar-refractivity contribution in [3.8, 4) is 0 Å². The first-order valence-corrected chi connectivity index (χ1v) is 7.18. The van der Waals surface area contributed by atoms with Crippen molar-refractivity contribution in [3.63, 3.8) is 0 Å². The number of carbonyl (C=O) groups is 1. The number of aryl methyl sites for hydroxylation is 1. The van der Waals surface area contributed by atoms with Gasteiger partial charge in [0.05, 0.1) is 16.8 Å². The molecule has 110 valence electrons. The molecule has 21 heavy (non-hydrogen) atoms. The van der Waals surface area contributed by atoms with E-state index in [-0.39, 0.29) is 11.0 Å². The lowest BCUT2D eigenvalue weighted by Gasteiger charge is -2.32. The van der Waals surface area contributed by atoms with Gasteiger partial charge in [0.2, 0.25) is 0 Å². The first kappa shape index (κ1) is 14.0. The molecule has 4 heteroatoms. The van der Waals surface area contributed by atoms with Crippen molar-refractivity contribution >= 4 is 16.9 Å². The van der Waals surface area contributed by atoms with E-state index < -0.39 is 11.8 Å². The standard InChI is InChI=1S/C17H18FNO2/c1-9-7-10(18)8-12-13(16(20)21)11-5-4-6-17(2,3)15(11)19-14(9)12/h7-8H,4-6H2,1-3H3,(H,20,21). The highest BCUT2D eigenvalue weighted by atomic mass is 19.1. The van der Waals surface area contributed by atoms with Crippen molar-refractivity contribution in [2.75, 3.05) is 0 Å². The predicted molar refractivity (Wildman–Crippen MR) is 79.4 cm³/mol. The Morgan fingerprint density at radius 3 is 2.76 bits per heavy atom. The SMILES string of the molecule is Cc1cc(F)cc2c(C(=O)O)c3c(nc12)C(C)(C)CCC3. The average Bonchev–Trinajstić information content (AvgIpc) is 2.35. The van der Waals surface area contributed by atoms with E-state index in [2.05, 4.69) is 13.8 Å². The highest BCUT2D eigenvalue weighted by Crippen LogP contribution is 2.39. The van der Waals surface area contributed by atoms with Crippen molar-refractivity contribution in [2.24, 2.45) is 0 Å². The number of rotatable bonds is 1. The molecule has 0 aliphatic heterocycles. The van der Waals surface area contributed by atoms with Crippen LogP contribution in [0.15, 0.2) is 12.1 Å². The fourth-order valence-corrected chi connectivity index (χ4v) is 3.41. The zero-order chi connectivity index (χ0) is 15.4. The molecule has 0 radical (unpaired) electrons. The molecule has 0 spiro atoms. The van der Waals surface area contributed by atoms with Gasteiger partial charge in [0.1, 0.15) is 5.82 Å². The fourth-order valence-electron chi connectivity index (χ4n) is 3.41. The lowest BCUT2D eigenvalue weighted by Crippen LogP contribution is -2.27. The number of hydrogen-bond acceptors (Lipinski definition) is 2. The van der Waals surface area contributed by atoms with Crippen LogP contribution in [-0.4, -0.2) is 16.1 Å². The second kappa shape index (κ2) is 4.52. The van der Waals surface area contributed by atoms with Gasteiger partial charge >= 0.3 is 5.97 Å². The van der Waals surface area contributed by atoms with Crippen LogP contribution < -0.4 is 0 Å². The number of aromatic nitrogens is 1. The highest BCUT2D eigenvalue weighted by molar-refractivity contribution is 6.05. The van der Waals surface area contributed by atoms with Crippen LogP contribution in [0.2, 0.25) is 0 Å². The van der Waals surface area contributed by atoms with Gasteiger partial charge in [-0.1, -0.05) is 13.8 Å². The van der Waals surface area contributed by atoms with Crippen molar-refractivity contribution in [1.29, 1.82) is 0 Å². The first-order valence-electron chi connectivity index (χ1n) is 7.18. The van der Waals surface area contributed by atoms with Crippen molar-refractivity contribution in [2.45, 2.75) is 45.4 Å². The number of fused-ring (bicyclic) bond motifs is 2. The molecule has 0 bridgehead atoms. The molecule has 3 rings (SSSR count). The summed E-state index contributed by atoms with van der Waals surface area (Å²) in [5, 5.41) is 10.1. The minimum atomic E-state index is -0.999. The summed E-state index contributed by atoms with van der Waals surface area (Å²) < 4.78 is 13.7. The van der Waals surface area contributed by atoms with Crippen LogP contribution >= 0.6 is 0 Å². The van der Waals surface area contributed by atoms with Gasteiger partial charge in [0, 0.05) is 10.8 Å². The Bertz CT molecular complexity index is 765. The lowest BCUT2D eigenvalue weighted by molar-refractivity contribution is 0.0697. The van der Waals surface area contributed by atoms with E-state index >= 15 is 0 Å². The van der Waals surface area contributed by atoms with Crippen LogP contribution in [0.1, 0.15) is 53.9 Å². The second-order valence-corrected chi connectivity index (χ2v) is 6.48. The average molecular weight is 287 g/mol. The molecule has 1 aliphatic carbocycles. The van der Waals surface area contributed by atoms with Gasteiger partial charge in [-0.25, -0.2) is 9.18 Å². The van der Waals surface area contributed by atoms with Crippen LogP contribution in [0, 0.1) is 12.7 Å². The quantitative estimate of drug-likeness (QED) is 0.862. The van der Waals surface area contributed by atoms with E-state index in [1.54, 1.807) is 6.92 Å². The Morgan fingerprint density at radius 1 is 1.38 bits per heavy atom. The molecular formula is C17H18FNO2. The van der Waals surface area contributed by atoms with E-state index in [1.807, 2.05) is 0 Å². The minimum Gasteiger partial charge on any atom is -0.478 e. The van der Waals surface area contributed by atoms with Gasteiger partial charge in [0.25, 0.3) is 0 Å². The smallest absolute Gasteiger partial charge is 0.336 e. The van der Waals surface area contributed by atoms with Crippen LogP contribution in [0.3, 0.4) is 0 Å². The second-order valence-electron chi connectivity index (χ2n) is 6.48. The van der Waals surface area contributed by atoms with Crippen LogP contribution in [-0.2, 0) is 11.8 Å². The maximum Gasteiger partial charge on any atom is 0.336 e. The molecular weight excluding hydrogens is 269 g/mol. The Morgan fingerprint density at radius 2 is 2.10 bits per heavy atom. The maximum absolute atomic E-state index is 13.7. The molecule has 0 atom stereocenters. The third kappa shape index (κ3) is 2.09. The Labute approximate surface area is 122 Å². The Hall–Kier alpha value is -1.97. The number of nitrogens with zero attached hydrogens (tertiary/aromatic N) is 1. The molecule has 1 heterocycles. The summed E-state index contributed by atoms with van der Waals surface area (Å²) in [6, 6.07) is 2.70. The summed E-state index contributed by atoms with van der Waals surface area (Å²) in [6.45, 7) is 5.95. The summed E-state index contributed by atoms with van der Waals surface area (Å²) in [5.41, 5.74) is 2.99. The Balaban J connectivity index is 2.50. The zero-order valence-corrected chi connectivity index (χ0v) is 12.5. The van der Waals surface area contributed by atoms with Gasteiger partial charge in [0.15, 0.2) is 0 Å². The van der Waals surface area contributed by atoms with E-state index in [0.717, 1.165) is 24.1 Å². The number of halogens is 1. The van der Waals surface area contributed by atoms with Crippen molar-refractivity contribution < 1.29 is 14.3 Å². The highest BCUT2D eigenvalue weighted by Gasteiger charge is 2.33. The topological polar surface area (TPSA) is 50.2 Å². The van der Waals surface area contributed by atoms with Gasteiger partial charge in [-0.05, 0) is 49.4 Å². The Kier molecular flexibility index (Phi) is 3.01. The largest absolute Gasteiger partial charge is 0.478 e. The molecule has 1 N–H and O–H groups in total. The number of hydrogen-bond donors (Lipinski definition) is 1. The molecule has 0 amide bonds. The normalized spacial score (nSPS) is 16.8. The monoisotopic (exact) mass is 287 g/mol. The molecule has 3 nitrogen and oxygen atoms in total. The summed E-state index contributed by atoms with van der Waals surface area (Å²) >= 11 is 0. The van der Waals surface area contributed by atoms with Crippen LogP contribution in [0.4, 0.5) is 4.39 Å². The maximum atomic E-state index is 13.7. The molecule has 0 unspecified atom stereocenters. The van der Waals surface area contributed by atoms with Crippen LogP contribution in [0.5, 0.6) is 0 Å². The number of pyridine rings is 1. The van der Waals surface area contributed by atoms with Gasteiger partial charge in [-0.2, -0.15) is 0 Å².